The van der Waals surface area contributed by atoms with Gasteiger partial charge in [-0.2, -0.15) is 0 Å². The fraction of sp³-hybridized carbons (Fsp3) is 0.350. The summed E-state index contributed by atoms with van der Waals surface area (Å²) in [5.74, 6) is -0.419. The molecule has 0 saturated heterocycles. The number of halogens is 1. The van der Waals surface area contributed by atoms with Gasteiger partial charge in [0.1, 0.15) is 17.4 Å². The minimum atomic E-state index is -0.426. The number of thiocarbonyl (C=S) groups is 1. The van der Waals surface area contributed by atoms with E-state index in [9.17, 15) is 9.59 Å². The van der Waals surface area contributed by atoms with Crippen molar-refractivity contribution < 1.29 is 23.8 Å². The van der Waals surface area contributed by atoms with Gasteiger partial charge in [-0.15, -0.1) is 11.3 Å². The van der Waals surface area contributed by atoms with Crippen molar-refractivity contribution in [3.05, 3.63) is 44.2 Å². The number of hydrogen-bond acceptors (Lipinski definition) is 7. The molecule has 0 unspecified atom stereocenters. The van der Waals surface area contributed by atoms with Crippen LogP contribution in [0.1, 0.15) is 37.6 Å². The van der Waals surface area contributed by atoms with Gasteiger partial charge in [0.25, 0.3) is 5.91 Å². The van der Waals surface area contributed by atoms with E-state index >= 15 is 0 Å². The number of benzene rings is 1. The average Bonchev–Trinajstić information content (AvgIpc) is 3.29. The summed E-state index contributed by atoms with van der Waals surface area (Å²) in [6.45, 7) is 0.709. The molecule has 1 aliphatic carbocycles. The lowest BCUT2D eigenvalue weighted by Crippen LogP contribution is -2.34. The van der Waals surface area contributed by atoms with Crippen molar-refractivity contribution in [2.24, 2.45) is 0 Å². The zero-order valence-electron chi connectivity index (χ0n) is 16.5. The maximum Gasteiger partial charge on any atom is 0.341 e. The summed E-state index contributed by atoms with van der Waals surface area (Å²) in [6.07, 6.45) is 2.77. The van der Waals surface area contributed by atoms with Gasteiger partial charge in [0.05, 0.1) is 24.8 Å². The number of fused-ring (bicyclic) bond motifs is 1. The van der Waals surface area contributed by atoms with Crippen LogP contribution < -0.4 is 15.4 Å². The second-order valence-electron chi connectivity index (χ2n) is 6.44. The average molecular weight is 513 g/mol. The van der Waals surface area contributed by atoms with E-state index in [1.54, 1.807) is 25.3 Å². The zero-order chi connectivity index (χ0) is 21.7. The lowest BCUT2D eigenvalue weighted by molar-refractivity contribution is 0.0601. The van der Waals surface area contributed by atoms with E-state index in [-0.39, 0.29) is 5.11 Å². The van der Waals surface area contributed by atoms with Crippen molar-refractivity contribution in [2.75, 3.05) is 32.8 Å². The van der Waals surface area contributed by atoms with E-state index in [1.165, 1.54) is 18.4 Å². The largest absolute Gasteiger partial charge is 0.490 e. The molecule has 0 bridgehead atoms. The molecule has 7 nitrogen and oxygen atoms in total. The highest BCUT2D eigenvalue weighted by Gasteiger charge is 2.28. The van der Waals surface area contributed by atoms with Crippen LogP contribution in [0.4, 0.5) is 5.00 Å². The first kappa shape index (κ1) is 22.7. The van der Waals surface area contributed by atoms with Gasteiger partial charge >= 0.3 is 5.97 Å². The Bertz CT molecular complexity index is 976. The number of hydrogen-bond donors (Lipinski definition) is 2. The fourth-order valence-corrected chi connectivity index (χ4v) is 5.06. The van der Waals surface area contributed by atoms with Gasteiger partial charge in [-0.1, -0.05) is 15.9 Å². The number of thiophene rings is 1. The Morgan fingerprint density at radius 3 is 2.77 bits per heavy atom. The second kappa shape index (κ2) is 10.3. The molecule has 3 rings (SSSR count). The molecular weight excluding hydrogens is 492 g/mol. The second-order valence-corrected chi connectivity index (χ2v) is 8.87. The molecule has 1 heterocycles. The van der Waals surface area contributed by atoms with Crippen LogP contribution in [0, 0.1) is 0 Å². The molecule has 0 aliphatic heterocycles. The maximum atomic E-state index is 12.8. The number of amides is 1. The molecule has 1 aliphatic rings. The third-order valence-corrected chi connectivity index (χ3v) is 6.40. The number of ether oxygens (including phenoxy) is 3. The molecular formula is C20H21BrN2O5S2. The van der Waals surface area contributed by atoms with E-state index in [1.807, 2.05) is 0 Å². The van der Waals surface area contributed by atoms with Crippen LogP contribution in [0.3, 0.4) is 0 Å². The Kier molecular flexibility index (Phi) is 7.81. The Morgan fingerprint density at radius 1 is 1.23 bits per heavy atom. The van der Waals surface area contributed by atoms with Crippen LogP contribution >= 0.6 is 39.5 Å². The smallest absolute Gasteiger partial charge is 0.341 e. The van der Waals surface area contributed by atoms with Crippen LogP contribution in [0.15, 0.2) is 22.7 Å². The minimum absolute atomic E-state index is 0.0906. The third kappa shape index (κ3) is 5.18. The molecule has 2 aromatic rings. The minimum Gasteiger partial charge on any atom is -0.490 e. The summed E-state index contributed by atoms with van der Waals surface area (Å²) in [7, 11) is 2.93. The maximum absolute atomic E-state index is 12.8. The van der Waals surface area contributed by atoms with Gasteiger partial charge in [0.2, 0.25) is 0 Å². The zero-order valence-corrected chi connectivity index (χ0v) is 19.7. The summed E-state index contributed by atoms with van der Waals surface area (Å²) in [4.78, 5) is 26.2. The summed E-state index contributed by atoms with van der Waals surface area (Å²) in [6, 6.07) is 5.13. The number of esters is 1. The predicted molar refractivity (Wildman–Crippen MR) is 123 cm³/mol. The van der Waals surface area contributed by atoms with E-state index in [0.29, 0.717) is 35.1 Å². The number of aryl methyl sites for hydroxylation is 1. The molecule has 0 saturated carbocycles. The lowest BCUT2D eigenvalue weighted by Gasteiger charge is -2.13. The van der Waals surface area contributed by atoms with Gasteiger partial charge in [0, 0.05) is 16.5 Å². The fourth-order valence-electron chi connectivity index (χ4n) is 3.16. The Balaban J connectivity index is 1.74. The normalized spacial score (nSPS) is 12.2. The molecule has 0 radical (unpaired) electrons. The van der Waals surface area contributed by atoms with Gasteiger partial charge in [-0.05, 0) is 55.2 Å². The Labute approximate surface area is 192 Å². The SMILES string of the molecule is COCCOc1ccc(Br)cc1C(=O)NC(=S)Nc1sc2c(c1C(=O)OC)CCC2. The van der Waals surface area contributed by atoms with E-state index in [4.69, 9.17) is 26.4 Å². The highest BCUT2D eigenvalue weighted by Crippen LogP contribution is 2.39. The summed E-state index contributed by atoms with van der Waals surface area (Å²) in [5, 5.41) is 6.32. The number of rotatable bonds is 7. The number of carbonyl (C=O) groups excluding carboxylic acids is 2. The summed E-state index contributed by atoms with van der Waals surface area (Å²) < 4.78 is 16.3. The highest BCUT2D eigenvalue weighted by molar-refractivity contribution is 9.10. The number of nitrogens with one attached hydrogen (secondary N) is 2. The van der Waals surface area contributed by atoms with Crippen molar-refractivity contribution >= 4 is 61.5 Å². The molecule has 160 valence electrons. The standard InChI is InChI=1S/C20H21BrN2O5S2/c1-26-8-9-28-14-7-6-11(21)10-13(14)17(24)22-20(29)23-18-16(19(25)27-2)12-4-3-5-15(12)30-18/h6-7,10H,3-5,8-9H2,1-2H3,(H2,22,23,24,29). The molecule has 0 atom stereocenters. The van der Waals surface area contributed by atoms with Crippen LogP contribution in [0.5, 0.6) is 5.75 Å². The third-order valence-electron chi connectivity index (χ3n) is 4.50. The first-order chi connectivity index (χ1) is 14.4. The van der Waals surface area contributed by atoms with Gasteiger partial charge in [0.15, 0.2) is 5.11 Å². The molecule has 30 heavy (non-hydrogen) atoms. The highest BCUT2D eigenvalue weighted by atomic mass is 79.9. The molecule has 1 aromatic carbocycles. The quantitative estimate of drug-likeness (QED) is 0.330. The molecule has 2 N–H and O–H groups in total. The molecule has 0 spiro atoms. The van der Waals surface area contributed by atoms with E-state index in [2.05, 4.69) is 26.6 Å². The van der Waals surface area contributed by atoms with E-state index in [0.717, 1.165) is 34.2 Å². The lowest BCUT2D eigenvalue weighted by atomic mass is 10.1. The topological polar surface area (TPSA) is 85.9 Å². The number of carbonyl (C=O) groups is 2. The molecule has 0 fully saturated rings. The Hall–Kier alpha value is -2.01. The number of methoxy groups -OCH3 is 2. The summed E-state index contributed by atoms with van der Waals surface area (Å²) in [5.41, 5.74) is 1.83. The predicted octanol–water partition coefficient (Wildman–Crippen LogP) is 3.94. The number of anilines is 1. The van der Waals surface area contributed by atoms with Crippen molar-refractivity contribution in [3.8, 4) is 5.75 Å². The Morgan fingerprint density at radius 2 is 2.03 bits per heavy atom. The van der Waals surface area contributed by atoms with Gasteiger partial charge < -0.3 is 19.5 Å². The first-order valence-electron chi connectivity index (χ1n) is 9.21. The van der Waals surface area contributed by atoms with Crippen molar-refractivity contribution in [3.63, 3.8) is 0 Å². The molecule has 10 heteroatoms. The van der Waals surface area contributed by atoms with Crippen LogP contribution in [0.2, 0.25) is 0 Å². The van der Waals surface area contributed by atoms with E-state index < -0.39 is 11.9 Å². The van der Waals surface area contributed by atoms with Gasteiger partial charge in [-0.3, -0.25) is 10.1 Å². The van der Waals surface area contributed by atoms with Crippen molar-refractivity contribution in [1.29, 1.82) is 0 Å². The van der Waals surface area contributed by atoms with Crippen LogP contribution in [-0.2, 0) is 22.3 Å². The monoisotopic (exact) mass is 512 g/mol. The first-order valence-corrected chi connectivity index (χ1v) is 11.2. The molecule has 1 amide bonds. The van der Waals surface area contributed by atoms with Crippen LogP contribution in [0.25, 0.3) is 0 Å². The van der Waals surface area contributed by atoms with Crippen molar-refractivity contribution in [1.82, 2.24) is 5.32 Å². The van der Waals surface area contributed by atoms with Crippen LogP contribution in [-0.4, -0.2) is 44.4 Å². The summed E-state index contributed by atoms with van der Waals surface area (Å²) >= 11 is 10.2. The molecule has 1 aromatic heterocycles. The van der Waals surface area contributed by atoms with Gasteiger partial charge in [-0.25, -0.2) is 4.79 Å². The van der Waals surface area contributed by atoms with Crippen molar-refractivity contribution in [2.45, 2.75) is 19.3 Å².